The third-order valence-electron chi connectivity index (χ3n) is 2.02. The number of hydrogen-bond acceptors (Lipinski definition) is 3. The standard InChI is InChI=1S/C7H15N3/c1-5(2)6-4-9-10(3)7(6)8/h4-7H,8H2,1-3H3. The molecule has 0 aromatic rings. The molecule has 0 aromatic carbocycles. The lowest BCUT2D eigenvalue weighted by atomic mass is 9.95. The Kier molecular flexibility index (Phi) is 1.94. The SMILES string of the molecule is CC(C)C1C=NN(C)C1N. The van der Waals surface area contributed by atoms with Crippen LogP contribution >= 0.6 is 0 Å². The molecule has 1 heterocycles. The molecule has 0 saturated carbocycles. The Morgan fingerprint density at radius 2 is 2.20 bits per heavy atom. The van der Waals surface area contributed by atoms with Gasteiger partial charge in [0.15, 0.2) is 0 Å². The van der Waals surface area contributed by atoms with Crippen LogP contribution < -0.4 is 5.73 Å². The molecular weight excluding hydrogens is 126 g/mol. The molecule has 10 heavy (non-hydrogen) atoms. The van der Waals surface area contributed by atoms with Gasteiger partial charge in [-0.15, -0.1) is 0 Å². The van der Waals surface area contributed by atoms with Crippen LogP contribution in [0.3, 0.4) is 0 Å². The molecular formula is C7H15N3. The Hall–Kier alpha value is -0.570. The highest BCUT2D eigenvalue weighted by Gasteiger charge is 2.26. The molecule has 0 saturated heterocycles. The van der Waals surface area contributed by atoms with Crippen molar-refractivity contribution >= 4 is 6.21 Å². The van der Waals surface area contributed by atoms with Crippen molar-refractivity contribution in [2.45, 2.75) is 20.0 Å². The van der Waals surface area contributed by atoms with Gasteiger partial charge in [-0.3, -0.25) is 5.01 Å². The van der Waals surface area contributed by atoms with E-state index in [-0.39, 0.29) is 6.17 Å². The summed E-state index contributed by atoms with van der Waals surface area (Å²) in [6.07, 6.45) is 2.02. The molecule has 0 amide bonds. The minimum Gasteiger partial charge on any atom is -0.310 e. The van der Waals surface area contributed by atoms with Crippen molar-refractivity contribution in [2.75, 3.05) is 7.05 Å². The molecule has 0 aromatic heterocycles. The van der Waals surface area contributed by atoms with E-state index >= 15 is 0 Å². The largest absolute Gasteiger partial charge is 0.310 e. The molecule has 1 aliphatic rings. The molecule has 2 N–H and O–H groups in total. The summed E-state index contributed by atoms with van der Waals surface area (Å²) in [5.41, 5.74) is 5.82. The zero-order valence-corrected chi connectivity index (χ0v) is 6.78. The first-order valence-corrected chi connectivity index (χ1v) is 3.65. The van der Waals surface area contributed by atoms with Gasteiger partial charge in [-0.2, -0.15) is 5.10 Å². The Balaban J connectivity index is 2.58. The van der Waals surface area contributed by atoms with Crippen LogP contribution in [0.25, 0.3) is 0 Å². The van der Waals surface area contributed by atoms with Gasteiger partial charge in [0.2, 0.25) is 0 Å². The summed E-state index contributed by atoms with van der Waals surface area (Å²) in [6.45, 7) is 4.32. The highest BCUT2D eigenvalue weighted by molar-refractivity contribution is 5.63. The van der Waals surface area contributed by atoms with Crippen molar-refractivity contribution in [3.63, 3.8) is 0 Å². The molecule has 0 fully saturated rings. The van der Waals surface area contributed by atoms with Crippen LogP contribution in [0.15, 0.2) is 5.10 Å². The normalized spacial score (nSPS) is 32.3. The first-order valence-electron chi connectivity index (χ1n) is 3.65. The topological polar surface area (TPSA) is 41.6 Å². The molecule has 1 rings (SSSR count). The van der Waals surface area contributed by atoms with Crippen LogP contribution in [0.1, 0.15) is 13.8 Å². The Morgan fingerprint density at radius 3 is 2.40 bits per heavy atom. The summed E-state index contributed by atoms with van der Waals surface area (Å²) in [6, 6.07) is 0. The minimum atomic E-state index is 0.0833. The van der Waals surface area contributed by atoms with E-state index in [1.165, 1.54) is 0 Å². The quantitative estimate of drug-likeness (QED) is 0.577. The third-order valence-corrected chi connectivity index (χ3v) is 2.02. The maximum atomic E-state index is 5.82. The van der Waals surface area contributed by atoms with Crippen LogP contribution in [-0.2, 0) is 0 Å². The number of hydrogen-bond donors (Lipinski definition) is 1. The van der Waals surface area contributed by atoms with E-state index in [0.717, 1.165) is 0 Å². The number of nitrogens with two attached hydrogens (primary N) is 1. The van der Waals surface area contributed by atoms with Crippen LogP contribution in [0.4, 0.5) is 0 Å². The fourth-order valence-corrected chi connectivity index (χ4v) is 1.16. The van der Waals surface area contributed by atoms with Crippen molar-refractivity contribution < 1.29 is 0 Å². The molecule has 58 valence electrons. The lowest BCUT2D eigenvalue weighted by Gasteiger charge is -2.21. The van der Waals surface area contributed by atoms with Crippen molar-refractivity contribution in [2.24, 2.45) is 22.7 Å². The van der Waals surface area contributed by atoms with Gasteiger partial charge < -0.3 is 5.73 Å². The zero-order chi connectivity index (χ0) is 7.72. The summed E-state index contributed by atoms with van der Waals surface area (Å²) in [4.78, 5) is 0. The Morgan fingerprint density at radius 1 is 1.60 bits per heavy atom. The van der Waals surface area contributed by atoms with E-state index in [9.17, 15) is 0 Å². The minimum absolute atomic E-state index is 0.0833. The van der Waals surface area contributed by atoms with Gasteiger partial charge in [0.05, 0.1) is 0 Å². The number of hydrazone groups is 1. The van der Waals surface area contributed by atoms with Gasteiger partial charge in [-0.05, 0) is 5.92 Å². The van der Waals surface area contributed by atoms with Crippen LogP contribution in [0.5, 0.6) is 0 Å². The van der Waals surface area contributed by atoms with E-state index in [1.807, 2.05) is 18.3 Å². The number of nitrogens with zero attached hydrogens (tertiary/aromatic N) is 2. The molecule has 0 radical (unpaired) electrons. The second-order valence-corrected chi connectivity index (χ2v) is 3.15. The first kappa shape index (κ1) is 7.54. The monoisotopic (exact) mass is 141 g/mol. The van der Waals surface area contributed by atoms with Gasteiger partial charge in [-0.1, -0.05) is 13.8 Å². The molecule has 0 spiro atoms. The van der Waals surface area contributed by atoms with Gasteiger partial charge in [0.25, 0.3) is 0 Å². The molecule has 3 nitrogen and oxygen atoms in total. The van der Waals surface area contributed by atoms with E-state index in [4.69, 9.17) is 5.73 Å². The Labute approximate surface area is 61.9 Å². The van der Waals surface area contributed by atoms with Crippen LogP contribution in [0, 0.1) is 11.8 Å². The fraction of sp³-hybridized carbons (Fsp3) is 0.857. The highest BCUT2D eigenvalue weighted by atomic mass is 15.5. The summed E-state index contributed by atoms with van der Waals surface area (Å²) in [5, 5.41) is 5.91. The van der Waals surface area contributed by atoms with Crippen molar-refractivity contribution in [1.29, 1.82) is 0 Å². The van der Waals surface area contributed by atoms with Gasteiger partial charge >= 0.3 is 0 Å². The fourth-order valence-electron chi connectivity index (χ4n) is 1.16. The molecule has 2 atom stereocenters. The van der Waals surface area contributed by atoms with Crippen molar-refractivity contribution in [1.82, 2.24) is 5.01 Å². The summed E-state index contributed by atoms with van der Waals surface area (Å²) in [7, 11) is 1.91. The number of rotatable bonds is 1. The van der Waals surface area contributed by atoms with Crippen LogP contribution in [-0.4, -0.2) is 24.4 Å². The molecule has 0 aliphatic carbocycles. The average Bonchev–Trinajstić information content (AvgIpc) is 2.14. The van der Waals surface area contributed by atoms with E-state index < -0.39 is 0 Å². The Bertz CT molecular complexity index is 142. The van der Waals surface area contributed by atoms with Crippen LogP contribution in [0.2, 0.25) is 0 Å². The molecule has 1 aliphatic heterocycles. The lowest BCUT2D eigenvalue weighted by molar-refractivity contribution is 0.226. The molecule has 2 unspecified atom stereocenters. The van der Waals surface area contributed by atoms with Gasteiger partial charge in [-0.25, -0.2) is 0 Å². The van der Waals surface area contributed by atoms with Crippen molar-refractivity contribution in [3.05, 3.63) is 0 Å². The maximum absolute atomic E-state index is 5.82. The second kappa shape index (κ2) is 2.58. The summed E-state index contributed by atoms with van der Waals surface area (Å²) >= 11 is 0. The zero-order valence-electron chi connectivity index (χ0n) is 6.78. The predicted octanol–water partition coefficient (Wildman–Crippen LogP) is 0.475. The lowest BCUT2D eigenvalue weighted by Crippen LogP contribution is -2.39. The van der Waals surface area contributed by atoms with Crippen molar-refractivity contribution in [3.8, 4) is 0 Å². The van der Waals surface area contributed by atoms with E-state index in [0.29, 0.717) is 11.8 Å². The van der Waals surface area contributed by atoms with Gasteiger partial charge in [0, 0.05) is 19.2 Å². The first-order chi connectivity index (χ1) is 4.63. The second-order valence-electron chi connectivity index (χ2n) is 3.15. The van der Waals surface area contributed by atoms with E-state index in [1.54, 1.807) is 0 Å². The smallest absolute Gasteiger partial charge is 0.102 e. The van der Waals surface area contributed by atoms with Gasteiger partial charge in [0.1, 0.15) is 6.17 Å². The highest BCUT2D eigenvalue weighted by Crippen LogP contribution is 2.18. The third kappa shape index (κ3) is 1.14. The maximum Gasteiger partial charge on any atom is 0.102 e. The summed E-state index contributed by atoms with van der Waals surface area (Å²) < 4.78 is 0. The average molecular weight is 141 g/mol. The summed E-state index contributed by atoms with van der Waals surface area (Å²) in [5.74, 6) is 1.01. The predicted molar refractivity (Wildman–Crippen MR) is 42.6 cm³/mol. The molecule has 3 heteroatoms. The molecule has 0 bridgehead atoms. The van der Waals surface area contributed by atoms with E-state index in [2.05, 4.69) is 18.9 Å².